The maximum Gasteiger partial charge on any atom is 0.257 e. The summed E-state index contributed by atoms with van der Waals surface area (Å²) in [6.45, 7) is 3.66. The highest BCUT2D eigenvalue weighted by Crippen LogP contribution is 2.45. The number of benzene rings is 2. The average molecular weight is 532 g/mol. The molecule has 0 bridgehead atoms. The quantitative estimate of drug-likeness (QED) is 0.476. The van der Waals surface area contributed by atoms with E-state index in [0.717, 1.165) is 0 Å². The minimum atomic E-state index is -4.30. The molecule has 1 N–H and O–H groups in total. The Kier molecular flexibility index (Phi) is 6.52. The highest BCUT2D eigenvalue weighted by Gasteiger charge is 2.57. The van der Waals surface area contributed by atoms with Gasteiger partial charge in [0.15, 0.2) is 0 Å². The summed E-state index contributed by atoms with van der Waals surface area (Å²) in [7, 11) is -4.30. The molecule has 2 aromatic carbocycles. The van der Waals surface area contributed by atoms with Crippen LogP contribution in [0.3, 0.4) is 0 Å². The van der Waals surface area contributed by atoms with Crippen LogP contribution in [0, 0.1) is 11.6 Å². The molecule has 0 saturated heterocycles. The van der Waals surface area contributed by atoms with Gasteiger partial charge >= 0.3 is 0 Å². The van der Waals surface area contributed by atoms with Crippen LogP contribution in [0.4, 0.5) is 13.2 Å². The first kappa shape index (κ1) is 25.7. The summed E-state index contributed by atoms with van der Waals surface area (Å²) in [5, 5.41) is -2.31. The van der Waals surface area contributed by atoms with Crippen LogP contribution >= 0.6 is 0 Å². The van der Waals surface area contributed by atoms with Gasteiger partial charge in [-0.25, -0.2) is 31.3 Å². The molecule has 10 heteroatoms. The molecule has 1 saturated carbocycles. The second-order valence-corrected chi connectivity index (χ2v) is 12.1. The van der Waals surface area contributed by atoms with E-state index < -0.39 is 38.6 Å². The summed E-state index contributed by atoms with van der Waals surface area (Å²) in [5.74, 6) is -1.86. The molecule has 1 fully saturated rings. The minimum absolute atomic E-state index is 0.0203. The molecule has 37 heavy (non-hydrogen) atoms. The number of sulfonamides is 1. The molecule has 0 unspecified atom stereocenters. The lowest BCUT2D eigenvalue weighted by Gasteiger charge is -2.34. The van der Waals surface area contributed by atoms with Crippen LogP contribution in [0.1, 0.15) is 61.9 Å². The topological polar surface area (TPSA) is 81.1 Å². The van der Waals surface area contributed by atoms with Gasteiger partial charge in [-0.2, -0.15) is 0 Å². The number of hydrogen-bond acceptors (Lipinski definition) is 4. The van der Waals surface area contributed by atoms with Crippen molar-refractivity contribution >= 4 is 10.0 Å². The van der Waals surface area contributed by atoms with Gasteiger partial charge in [-0.15, -0.1) is 0 Å². The first-order valence-electron chi connectivity index (χ1n) is 12.3. The molecular formula is C27H28F3N3O3S. The predicted octanol–water partition coefficient (Wildman–Crippen LogP) is 4.79. The van der Waals surface area contributed by atoms with Crippen LogP contribution in [0.2, 0.25) is 0 Å². The molecule has 0 aliphatic heterocycles. The van der Waals surface area contributed by atoms with E-state index in [1.807, 2.05) is 13.8 Å². The van der Waals surface area contributed by atoms with Gasteiger partial charge in [0.2, 0.25) is 15.0 Å². The number of fused-ring (bicyclic) bond motifs is 1. The van der Waals surface area contributed by atoms with E-state index in [2.05, 4.69) is 9.71 Å². The monoisotopic (exact) mass is 531 g/mol. The fourth-order valence-electron chi connectivity index (χ4n) is 5.06. The number of nitrogens with zero attached hydrogens (tertiary/aromatic N) is 2. The third-order valence-corrected chi connectivity index (χ3v) is 9.29. The molecule has 1 heterocycles. The summed E-state index contributed by atoms with van der Waals surface area (Å²) >= 11 is 0. The van der Waals surface area contributed by atoms with E-state index in [9.17, 15) is 22.0 Å². The number of hydrogen-bond donors (Lipinski definition) is 1. The van der Waals surface area contributed by atoms with Crippen LogP contribution in [-0.4, -0.2) is 29.0 Å². The number of aryl methyl sites for hydroxylation is 1. The Morgan fingerprint density at radius 3 is 2.57 bits per heavy atom. The van der Waals surface area contributed by atoms with Crippen molar-refractivity contribution in [3.05, 3.63) is 87.6 Å². The summed E-state index contributed by atoms with van der Waals surface area (Å²) in [6.07, 6.45) is 1.91. The summed E-state index contributed by atoms with van der Waals surface area (Å²) < 4.78 is 73.8. The van der Waals surface area contributed by atoms with Gasteiger partial charge in [-0.05, 0) is 56.4 Å². The number of halogens is 3. The van der Waals surface area contributed by atoms with E-state index in [1.54, 1.807) is 18.2 Å². The number of rotatable bonds is 7. The van der Waals surface area contributed by atoms with E-state index in [-0.39, 0.29) is 48.4 Å². The maximum atomic E-state index is 15.8. The normalized spacial score (nSPS) is 20.6. The fraction of sp³-hybridized carbons (Fsp3) is 0.407. The zero-order chi connectivity index (χ0) is 26.5. The molecule has 1 aromatic heterocycles. The lowest BCUT2D eigenvalue weighted by Crippen LogP contribution is -2.48. The van der Waals surface area contributed by atoms with Gasteiger partial charge in [-0.1, -0.05) is 30.3 Å². The van der Waals surface area contributed by atoms with Crippen LogP contribution in [0.15, 0.2) is 53.6 Å². The molecule has 0 amide bonds. The second-order valence-electron chi connectivity index (χ2n) is 10.2. The second kappa shape index (κ2) is 9.40. The van der Waals surface area contributed by atoms with Gasteiger partial charge < -0.3 is 0 Å². The van der Waals surface area contributed by atoms with E-state index in [0.29, 0.717) is 23.2 Å². The number of nitrogens with one attached hydrogen (secondary N) is 1. The Labute approximate surface area is 213 Å². The van der Waals surface area contributed by atoms with Crippen molar-refractivity contribution in [1.82, 2.24) is 14.3 Å². The smallest absolute Gasteiger partial charge is 0.257 e. The van der Waals surface area contributed by atoms with Crippen LogP contribution in [0.25, 0.3) is 11.1 Å². The lowest BCUT2D eigenvalue weighted by atomic mass is 9.78. The highest BCUT2D eigenvalue weighted by molar-refractivity contribution is 7.91. The Morgan fingerprint density at radius 1 is 1.16 bits per heavy atom. The fourth-order valence-corrected chi connectivity index (χ4v) is 6.59. The van der Waals surface area contributed by atoms with Gasteiger partial charge in [-0.3, -0.25) is 9.36 Å². The first-order chi connectivity index (χ1) is 17.5. The molecule has 5 rings (SSSR count). The van der Waals surface area contributed by atoms with Crippen molar-refractivity contribution in [2.45, 2.75) is 69.0 Å². The van der Waals surface area contributed by atoms with Gasteiger partial charge in [0.05, 0.1) is 12.0 Å². The van der Waals surface area contributed by atoms with E-state index in [1.165, 1.54) is 35.2 Å². The third kappa shape index (κ3) is 4.72. The average Bonchev–Trinajstić information content (AvgIpc) is 3.61. The van der Waals surface area contributed by atoms with Gasteiger partial charge in [0, 0.05) is 42.0 Å². The number of aromatic nitrogens is 2. The number of alkyl halides is 1. The van der Waals surface area contributed by atoms with Gasteiger partial charge in [0.1, 0.15) is 11.6 Å². The van der Waals surface area contributed by atoms with Crippen molar-refractivity contribution in [3.8, 4) is 11.1 Å². The van der Waals surface area contributed by atoms with Crippen molar-refractivity contribution in [2.24, 2.45) is 0 Å². The van der Waals surface area contributed by atoms with Crippen molar-refractivity contribution in [1.29, 1.82) is 0 Å². The molecule has 6 nitrogen and oxygen atoms in total. The molecule has 2 aliphatic carbocycles. The molecule has 0 radical (unpaired) electrons. The van der Waals surface area contributed by atoms with E-state index in [4.69, 9.17) is 0 Å². The first-order valence-corrected chi connectivity index (χ1v) is 13.8. The van der Waals surface area contributed by atoms with Gasteiger partial charge in [0.25, 0.3) is 5.56 Å². The standard InChI is InChI=1S/C27H28F3N3O3S/c1-16(2)33-15-31-23-10-9-22(32-37(35,36)27(30)11-12-27)21(24(23)26(33)34)14-18-6-4-8-20(25(18)29)17-5-3-7-19(28)13-17/h3-8,13,15-16,21-22,32H,9-12,14H2,1-2H3/t21-,22-/m0/s1. The van der Waals surface area contributed by atoms with Crippen molar-refractivity contribution in [3.63, 3.8) is 0 Å². The zero-order valence-corrected chi connectivity index (χ0v) is 21.4. The van der Waals surface area contributed by atoms with E-state index >= 15 is 4.39 Å². The molecule has 2 aliphatic rings. The lowest BCUT2D eigenvalue weighted by molar-refractivity contribution is 0.371. The summed E-state index contributed by atoms with van der Waals surface area (Å²) in [5.41, 5.74) is 1.32. The Balaban J connectivity index is 1.59. The Hall–Kier alpha value is -2.98. The predicted molar refractivity (Wildman–Crippen MR) is 134 cm³/mol. The maximum absolute atomic E-state index is 15.8. The Bertz CT molecular complexity index is 1520. The molecular weight excluding hydrogens is 503 g/mol. The molecule has 0 spiro atoms. The zero-order valence-electron chi connectivity index (χ0n) is 20.5. The Morgan fingerprint density at radius 2 is 1.89 bits per heavy atom. The molecule has 196 valence electrons. The highest BCUT2D eigenvalue weighted by atomic mass is 32.2. The molecule has 2 atom stereocenters. The van der Waals surface area contributed by atoms with Crippen molar-refractivity contribution < 1.29 is 21.6 Å². The third-order valence-electron chi connectivity index (χ3n) is 7.30. The van der Waals surface area contributed by atoms with Crippen LogP contribution < -0.4 is 10.3 Å². The molecule has 3 aromatic rings. The largest absolute Gasteiger partial charge is 0.296 e. The minimum Gasteiger partial charge on any atom is -0.296 e. The van der Waals surface area contributed by atoms with Crippen molar-refractivity contribution in [2.75, 3.05) is 0 Å². The SMILES string of the molecule is CC(C)n1cnc2c(c1=O)[C@@H](Cc1cccc(-c3cccc(F)c3)c1F)[C@@H](NS(=O)(=O)C1(F)CC1)CC2. The summed E-state index contributed by atoms with van der Waals surface area (Å²) in [4.78, 5) is 18.0. The van der Waals surface area contributed by atoms with Crippen LogP contribution in [0.5, 0.6) is 0 Å². The summed E-state index contributed by atoms with van der Waals surface area (Å²) in [6, 6.07) is 9.31. The van der Waals surface area contributed by atoms with Crippen LogP contribution in [-0.2, 0) is 22.9 Å².